The highest BCUT2D eigenvalue weighted by Crippen LogP contribution is 2.32. The molecule has 7 nitrogen and oxygen atoms in total. The Bertz CT molecular complexity index is 1000. The van der Waals surface area contributed by atoms with Gasteiger partial charge in [-0.1, -0.05) is 49.3 Å². The van der Waals surface area contributed by atoms with Gasteiger partial charge in [0, 0.05) is 30.4 Å². The quantitative estimate of drug-likeness (QED) is 0.391. The minimum absolute atomic E-state index is 0.00503. The number of rotatable bonds is 12. The average Bonchev–Trinajstić information content (AvgIpc) is 3.12. The summed E-state index contributed by atoms with van der Waals surface area (Å²) in [6.45, 7) is 3.21. The van der Waals surface area contributed by atoms with Gasteiger partial charge in [0.25, 0.3) is 0 Å². The molecule has 2 aromatic rings. The molecule has 2 fully saturated rings. The number of hydrogen-bond acceptors (Lipinski definition) is 6. The molecule has 37 heavy (non-hydrogen) atoms. The molecular weight excluding hydrogens is 468 g/mol. The van der Waals surface area contributed by atoms with Gasteiger partial charge in [-0.25, -0.2) is 0 Å². The van der Waals surface area contributed by atoms with E-state index in [4.69, 9.17) is 14.6 Å². The van der Waals surface area contributed by atoms with Gasteiger partial charge in [0.15, 0.2) is 0 Å². The number of pyridine rings is 1. The first-order chi connectivity index (χ1) is 18.2. The summed E-state index contributed by atoms with van der Waals surface area (Å²) < 4.78 is 12.8. The first-order valence-corrected chi connectivity index (χ1v) is 13.6. The van der Waals surface area contributed by atoms with E-state index < -0.39 is 5.97 Å². The number of benzene rings is 1. The molecule has 1 saturated heterocycles. The summed E-state index contributed by atoms with van der Waals surface area (Å²) in [5.74, 6) is -0.779. The van der Waals surface area contributed by atoms with Crippen LogP contribution in [0, 0.1) is 0 Å². The minimum atomic E-state index is -0.779. The van der Waals surface area contributed by atoms with E-state index in [1.165, 1.54) is 25.7 Å². The third-order valence-corrected chi connectivity index (χ3v) is 7.48. The molecule has 1 saturated carbocycles. The number of hydrogen-bond donors (Lipinski definition) is 2. The van der Waals surface area contributed by atoms with E-state index >= 15 is 0 Å². The van der Waals surface area contributed by atoms with Crippen LogP contribution in [0.4, 0.5) is 0 Å². The Morgan fingerprint density at radius 3 is 2.54 bits per heavy atom. The van der Waals surface area contributed by atoms with Crippen LogP contribution in [0.5, 0.6) is 0 Å². The van der Waals surface area contributed by atoms with Crippen LogP contribution in [0.3, 0.4) is 0 Å². The molecule has 1 aliphatic heterocycles. The van der Waals surface area contributed by atoms with Crippen molar-refractivity contribution in [3.63, 3.8) is 0 Å². The topological polar surface area (TPSA) is 92.1 Å². The van der Waals surface area contributed by atoms with Crippen LogP contribution in [-0.2, 0) is 27.5 Å². The molecule has 1 aromatic heterocycles. The number of aliphatic hydroxyl groups is 1. The maximum Gasteiger partial charge on any atom is 0.303 e. The molecule has 2 heterocycles. The van der Waals surface area contributed by atoms with Crippen molar-refractivity contribution in [3.05, 3.63) is 66.0 Å². The molecule has 7 heteroatoms. The van der Waals surface area contributed by atoms with Crippen molar-refractivity contribution in [2.24, 2.45) is 0 Å². The number of ether oxygens (including phenoxy) is 2. The Balaban J connectivity index is 1.37. The van der Waals surface area contributed by atoms with E-state index in [9.17, 15) is 9.90 Å². The van der Waals surface area contributed by atoms with Crippen molar-refractivity contribution in [3.8, 4) is 11.1 Å². The monoisotopic (exact) mass is 508 g/mol. The lowest BCUT2D eigenvalue weighted by Crippen LogP contribution is -2.45. The third kappa shape index (κ3) is 7.95. The van der Waals surface area contributed by atoms with Gasteiger partial charge >= 0.3 is 5.97 Å². The Kier molecular flexibility index (Phi) is 10.7. The summed E-state index contributed by atoms with van der Waals surface area (Å²) in [6.07, 6.45) is 15.1. The van der Waals surface area contributed by atoms with Crippen LogP contribution >= 0.6 is 0 Å². The minimum Gasteiger partial charge on any atom is -0.481 e. The highest BCUT2D eigenvalue weighted by Gasteiger charge is 2.40. The summed E-state index contributed by atoms with van der Waals surface area (Å²) in [7, 11) is 0. The van der Waals surface area contributed by atoms with Crippen molar-refractivity contribution in [1.82, 2.24) is 9.88 Å². The molecule has 0 amide bonds. The van der Waals surface area contributed by atoms with Crippen LogP contribution in [0.25, 0.3) is 11.1 Å². The van der Waals surface area contributed by atoms with Gasteiger partial charge in [-0.05, 0) is 68.0 Å². The van der Waals surface area contributed by atoms with Crippen molar-refractivity contribution >= 4 is 5.97 Å². The number of carboxylic acid groups (broad SMARTS) is 1. The fraction of sp³-hybridized carbons (Fsp3) is 0.533. The van der Waals surface area contributed by atoms with Crippen LogP contribution in [0.2, 0.25) is 0 Å². The first kappa shape index (κ1) is 27.5. The average molecular weight is 509 g/mol. The number of aliphatic hydroxyl groups excluding tert-OH is 1. The Labute approximate surface area is 220 Å². The van der Waals surface area contributed by atoms with E-state index in [0.29, 0.717) is 25.7 Å². The molecule has 0 spiro atoms. The molecule has 4 rings (SSSR count). The SMILES string of the molecule is O=C(O)CC/C=C\CO[C@H]1[C@H](OCc2ccc(-c3ccncc3CO)cc2)CC[C@@H]1N1CCCCCC1. The highest BCUT2D eigenvalue weighted by atomic mass is 16.5. The van der Waals surface area contributed by atoms with E-state index in [-0.39, 0.29) is 25.2 Å². The lowest BCUT2D eigenvalue weighted by atomic mass is 10.0. The number of carbonyl (C=O) groups is 1. The maximum absolute atomic E-state index is 10.7. The standard InChI is InChI=1S/C30H40N2O5/c33-21-25-20-31-16-15-26(25)24-11-9-23(10-12-24)22-37-28-14-13-27(32-17-5-1-2-6-18-32)30(28)36-19-7-3-4-8-29(34)35/h3,7,9-12,15-16,20,27-28,30,33H,1-2,4-6,8,13-14,17-19,21-22H2,(H,34,35)/b7-3-/t27-,28+,30+/m0/s1. The number of nitrogens with zero attached hydrogens (tertiary/aromatic N) is 2. The number of aromatic nitrogens is 1. The lowest BCUT2D eigenvalue weighted by molar-refractivity contribution is -0.136. The molecule has 0 bridgehead atoms. The highest BCUT2D eigenvalue weighted by molar-refractivity contribution is 5.67. The van der Waals surface area contributed by atoms with Gasteiger partial charge < -0.3 is 19.7 Å². The van der Waals surface area contributed by atoms with Gasteiger partial charge in [-0.2, -0.15) is 0 Å². The zero-order valence-electron chi connectivity index (χ0n) is 21.6. The predicted molar refractivity (Wildman–Crippen MR) is 143 cm³/mol. The van der Waals surface area contributed by atoms with Gasteiger partial charge in [0.2, 0.25) is 0 Å². The molecule has 2 aliphatic rings. The molecule has 1 aromatic carbocycles. The van der Waals surface area contributed by atoms with Gasteiger partial charge in [-0.3, -0.25) is 14.7 Å². The van der Waals surface area contributed by atoms with Gasteiger partial charge in [0.05, 0.1) is 32.0 Å². The predicted octanol–water partition coefficient (Wildman–Crippen LogP) is 4.97. The van der Waals surface area contributed by atoms with E-state index in [2.05, 4.69) is 34.1 Å². The molecule has 1 aliphatic carbocycles. The van der Waals surface area contributed by atoms with Crippen molar-refractivity contribution in [1.29, 1.82) is 0 Å². The third-order valence-electron chi connectivity index (χ3n) is 7.48. The van der Waals surface area contributed by atoms with Crippen molar-refractivity contribution in [2.75, 3.05) is 19.7 Å². The van der Waals surface area contributed by atoms with E-state index in [1.54, 1.807) is 12.4 Å². The number of likely N-dealkylation sites (tertiary alicyclic amines) is 1. The summed E-state index contributed by atoms with van der Waals surface area (Å²) in [4.78, 5) is 17.5. The first-order valence-electron chi connectivity index (χ1n) is 13.6. The fourth-order valence-corrected chi connectivity index (χ4v) is 5.50. The largest absolute Gasteiger partial charge is 0.481 e. The maximum atomic E-state index is 10.7. The molecule has 0 unspecified atom stereocenters. The summed E-state index contributed by atoms with van der Waals surface area (Å²) in [6, 6.07) is 10.6. The molecule has 0 radical (unpaired) electrons. The number of allylic oxidation sites excluding steroid dienone is 1. The molecule has 200 valence electrons. The fourth-order valence-electron chi connectivity index (χ4n) is 5.50. The second-order valence-electron chi connectivity index (χ2n) is 10.0. The second-order valence-corrected chi connectivity index (χ2v) is 10.0. The van der Waals surface area contributed by atoms with Crippen molar-refractivity contribution in [2.45, 2.75) is 82.8 Å². The van der Waals surface area contributed by atoms with Crippen LogP contribution in [0.1, 0.15) is 62.5 Å². The zero-order chi connectivity index (χ0) is 25.9. The summed E-state index contributed by atoms with van der Waals surface area (Å²) in [5, 5.41) is 18.4. The molecule has 2 N–H and O–H groups in total. The second kappa shape index (κ2) is 14.4. The Morgan fingerprint density at radius 2 is 1.81 bits per heavy atom. The smallest absolute Gasteiger partial charge is 0.303 e. The molecular formula is C30H40N2O5. The Morgan fingerprint density at radius 1 is 1.03 bits per heavy atom. The van der Waals surface area contributed by atoms with Crippen LogP contribution in [0.15, 0.2) is 54.9 Å². The van der Waals surface area contributed by atoms with Gasteiger partial charge in [0.1, 0.15) is 0 Å². The number of aliphatic carboxylic acids is 1. The van der Waals surface area contributed by atoms with Crippen LogP contribution in [-0.4, -0.2) is 64.0 Å². The zero-order valence-corrected chi connectivity index (χ0v) is 21.6. The Hall–Kier alpha value is -2.58. The summed E-state index contributed by atoms with van der Waals surface area (Å²) >= 11 is 0. The summed E-state index contributed by atoms with van der Waals surface area (Å²) in [5.41, 5.74) is 3.96. The van der Waals surface area contributed by atoms with E-state index in [1.807, 2.05) is 18.2 Å². The normalized spacial score (nSPS) is 22.9. The van der Waals surface area contributed by atoms with Crippen molar-refractivity contribution < 1.29 is 24.5 Å². The van der Waals surface area contributed by atoms with E-state index in [0.717, 1.165) is 48.2 Å². The van der Waals surface area contributed by atoms with Crippen LogP contribution < -0.4 is 0 Å². The lowest BCUT2D eigenvalue weighted by Gasteiger charge is -2.33. The van der Waals surface area contributed by atoms with Gasteiger partial charge in [-0.15, -0.1) is 0 Å². The molecule has 3 atom stereocenters. The number of carboxylic acids is 1.